The van der Waals surface area contributed by atoms with Gasteiger partial charge in [0.2, 0.25) is 0 Å². The van der Waals surface area contributed by atoms with Gasteiger partial charge < -0.3 is 13.9 Å². The molecule has 0 N–H and O–H groups in total. The monoisotopic (exact) mass is 1340 g/mol. The Hall–Kier alpha value is -9.24. The molecule has 8 heteroatoms. The summed E-state index contributed by atoms with van der Waals surface area (Å²) in [6.07, 6.45) is 5.23. The van der Waals surface area contributed by atoms with Gasteiger partial charge in [-0.15, -0.1) is 29.7 Å². The van der Waals surface area contributed by atoms with Crippen LogP contribution in [0.5, 0.6) is 11.5 Å². The third-order valence-electron chi connectivity index (χ3n) is 16.8. The van der Waals surface area contributed by atoms with Crippen LogP contribution in [-0.4, -0.2) is 30.3 Å². The van der Waals surface area contributed by atoms with E-state index in [4.69, 9.17) is 20.7 Å². The standard InChI is InChI=1S/C79H64N4OSi2.Pt/c1-56-48-77(80-54-71(56)57-28-12-7-13-29-57)83-72-43-23-22-42-68(72)69-47-46-62(53-75(69)83)84-61-32-27-31-60(52-61)81-55-82(74-45-25-24-44-73(74)81)78-70(50-59(79(2,3)4)51-76(78)85(5,6)63-33-14-8-15-34-63)58-30-26-41-67(49-58)86(64-35-16-9-17-36-64,65-37-18-10-19-38-65)66-39-20-11-21-40-66;/h7-51,54H,1-6H3;/q-2;/i1D3,7D,12D,13D,28D,29D;. The fourth-order valence-electron chi connectivity index (χ4n) is 12.5. The number of imidazole rings is 1. The van der Waals surface area contributed by atoms with Gasteiger partial charge in [0.15, 0.2) is 8.07 Å². The molecule has 11 aromatic carbocycles. The van der Waals surface area contributed by atoms with Gasteiger partial charge in [-0.25, -0.2) is 4.98 Å². The van der Waals surface area contributed by atoms with Gasteiger partial charge >= 0.3 is 0 Å². The number of hydrogen-bond donors (Lipinski definition) is 0. The first-order valence-corrected chi connectivity index (χ1v) is 33.9. The van der Waals surface area contributed by atoms with E-state index < -0.39 is 53.2 Å². The molecule has 5 nitrogen and oxygen atoms in total. The Morgan fingerprint density at radius 3 is 1.80 bits per heavy atom. The maximum Gasteiger partial charge on any atom is 0.268 e. The van der Waals surface area contributed by atoms with Crippen molar-refractivity contribution in [2.75, 3.05) is 0 Å². The van der Waals surface area contributed by atoms with Crippen LogP contribution in [0.1, 0.15) is 42.9 Å². The van der Waals surface area contributed by atoms with Crippen LogP contribution in [0.25, 0.3) is 72.3 Å². The number of benzene rings is 11. The molecule has 0 unspecified atom stereocenters. The number of aryl methyl sites for hydroxylation is 1. The molecule has 0 aliphatic carbocycles. The van der Waals surface area contributed by atoms with Crippen molar-refractivity contribution in [1.29, 1.82) is 0 Å². The second-order valence-corrected chi connectivity index (χ2v) is 31.6. The second kappa shape index (κ2) is 23.2. The van der Waals surface area contributed by atoms with Crippen LogP contribution in [0.3, 0.4) is 0 Å². The minimum absolute atomic E-state index is 0. The third-order valence-corrected chi connectivity index (χ3v) is 25.1. The summed E-state index contributed by atoms with van der Waals surface area (Å²) in [5, 5.41) is 9.40. The van der Waals surface area contributed by atoms with Gasteiger partial charge in [-0.05, 0) is 89.2 Å². The van der Waals surface area contributed by atoms with Crippen LogP contribution in [-0.2, 0) is 26.5 Å². The largest absolute Gasteiger partial charge is 0.510 e. The summed E-state index contributed by atoms with van der Waals surface area (Å²) in [6, 6.07) is 89.9. The molecule has 0 atom stereocenters. The van der Waals surface area contributed by atoms with E-state index in [-0.39, 0.29) is 49.0 Å². The number of rotatable bonds is 13. The number of para-hydroxylation sites is 3. The molecule has 3 aromatic heterocycles. The van der Waals surface area contributed by atoms with Crippen molar-refractivity contribution in [3.05, 3.63) is 309 Å². The average molecular weight is 1340 g/mol. The maximum atomic E-state index is 8.72. The Bertz CT molecular complexity index is 5130. The number of fused-ring (bicyclic) bond motifs is 4. The zero-order valence-corrected chi connectivity index (χ0v) is 53.0. The van der Waals surface area contributed by atoms with E-state index >= 15 is 0 Å². The normalized spacial score (nSPS) is 13.4. The van der Waals surface area contributed by atoms with Crippen LogP contribution < -0.4 is 40.4 Å². The molecule has 0 amide bonds. The summed E-state index contributed by atoms with van der Waals surface area (Å²) in [5.74, 6) is 0.991. The molecular formula is C79H64N4OPtSi2-2. The van der Waals surface area contributed by atoms with Crippen molar-refractivity contribution in [1.82, 2.24) is 14.1 Å². The molecule has 0 spiro atoms. The number of pyridine rings is 1. The Labute approximate surface area is 538 Å². The topological polar surface area (TPSA) is 35.9 Å². The quantitative estimate of drug-likeness (QED) is 0.0499. The molecule has 3 heterocycles. The van der Waals surface area contributed by atoms with E-state index in [1.165, 1.54) is 48.9 Å². The summed E-state index contributed by atoms with van der Waals surface area (Å²) in [5.41, 5.74) is 7.52. The zero-order valence-electron chi connectivity index (χ0n) is 56.7. The summed E-state index contributed by atoms with van der Waals surface area (Å²) < 4.78 is 81.3. The van der Waals surface area contributed by atoms with E-state index in [9.17, 15) is 0 Å². The van der Waals surface area contributed by atoms with E-state index in [1.807, 2.05) is 54.6 Å². The maximum absolute atomic E-state index is 8.72. The Morgan fingerprint density at radius 1 is 0.540 bits per heavy atom. The summed E-state index contributed by atoms with van der Waals surface area (Å²) in [6.45, 7) is 9.06. The van der Waals surface area contributed by atoms with Crippen molar-refractivity contribution < 1.29 is 41.3 Å². The predicted octanol–water partition coefficient (Wildman–Crippen LogP) is 14.7. The van der Waals surface area contributed by atoms with Gasteiger partial charge in [0, 0.05) is 54.0 Å². The van der Waals surface area contributed by atoms with Crippen LogP contribution in [0.2, 0.25) is 13.1 Å². The Morgan fingerprint density at radius 2 is 1.14 bits per heavy atom. The fraction of sp³-hybridized carbons (Fsp3) is 0.0886. The molecule has 87 heavy (non-hydrogen) atoms. The van der Waals surface area contributed by atoms with Crippen LogP contribution >= 0.6 is 0 Å². The third kappa shape index (κ3) is 10.2. The average Bonchev–Trinajstić information content (AvgIpc) is 1.73. The molecule has 14 aromatic rings. The predicted molar refractivity (Wildman–Crippen MR) is 361 cm³/mol. The van der Waals surface area contributed by atoms with Gasteiger partial charge in [-0.2, -0.15) is 18.2 Å². The van der Waals surface area contributed by atoms with Gasteiger partial charge in [-0.3, -0.25) is 4.57 Å². The van der Waals surface area contributed by atoms with Crippen LogP contribution in [0.4, 0.5) is 0 Å². The number of nitrogens with zero attached hydrogens (tertiary/aromatic N) is 4. The molecule has 0 aliphatic rings. The van der Waals surface area contributed by atoms with Crippen molar-refractivity contribution in [3.8, 4) is 50.9 Å². The zero-order chi connectivity index (χ0) is 65.4. The smallest absolute Gasteiger partial charge is 0.268 e. The number of aromatic nitrogens is 4. The van der Waals surface area contributed by atoms with E-state index in [1.54, 1.807) is 4.57 Å². The van der Waals surface area contributed by atoms with E-state index in [0.717, 1.165) is 38.6 Å². The van der Waals surface area contributed by atoms with Crippen molar-refractivity contribution in [3.63, 3.8) is 0 Å². The van der Waals surface area contributed by atoms with Crippen molar-refractivity contribution >= 4 is 80.1 Å². The van der Waals surface area contributed by atoms with Crippen LogP contribution in [0, 0.1) is 25.3 Å². The fourth-order valence-corrected chi connectivity index (χ4v) is 20.0. The van der Waals surface area contributed by atoms with Gasteiger partial charge in [0.25, 0.3) is 6.33 Å². The molecule has 0 fully saturated rings. The minimum atomic E-state index is -2.98. The summed E-state index contributed by atoms with van der Waals surface area (Å²) in [4.78, 5) is 4.77. The van der Waals surface area contributed by atoms with Gasteiger partial charge in [0.05, 0.1) is 23.6 Å². The molecule has 0 saturated heterocycles. The Balaban J connectivity index is 0.00000818. The summed E-state index contributed by atoms with van der Waals surface area (Å²) >= 11 is 0. The SMILES string of the molecule is [2H]c1c([2H])c([2H])c(-c2cnc(-n3c4[c-]c(Oc5[c-]c(-n6[c-][n+](-c7c(-c8cccc([Si](c9ccccc9)(c9ccccc9)c9ccccc9)c8)cc(C(C)(C)C)cc7[Si](C)(C)c7ccccc7)c7ccccc76)ccc5)ccc4c4ccccc43)cc2C([2H])([2H])[2H])c([2H])c1[2H].[Pt]. The second-order valence-electron chi connectivity index (χ2n) is 23.4. The molecule has 0 radical (unpaired) electrons. The van der Waals surface area contributed by atoms with Crippen molar-refractivity contribution in [2.45, 2.75) is 46.1 Å². The first kappa shape index (κ1) is 47.9. The van der Waals surface area contributed by atoms with Gasteiger partial charge in [-0.1, -0.05) is 275 Å². The number of hydrogen-bond acceptors (Lipinski definition) is 2. The molecule has 0 saturated carbocycles. The molecule has 0 aliphatic heterocycles. The van der Waals surface area contributed by atoms with E-state index in [0.29, 0.717) is 28.2 Å². The first-order chi connectivity index (χ1) is 45.2. The van der Waals surface area contributed by atoms with Crippen LogP contribution in [0.15, 0.2) is 279 Å². The summed E-state index contributed by atoms with van der Waals surface area (Å²) in [7, 11) is -5.58. The van der Waals surface area contributed by atoms with Gasteiger partial charge in [0.1, 0.15) is 13.9 Å². The van der Waals surface area contributed by atoms with E-state index in [2.05, 4.69) is 243 Å². The molecular weight excluding hydrogens is 1270 g/mol. The minimum Gasteiger partial charge on any atom is -0.510 e. The number of ether oxygens (including phenoxy) is 1. The Kier molecular flexibility index (Phi) is 12.8. The van der Waals surface area contributed by atoms with Crippen molar-refractivity contribution in [2.24, 2.45) is 0 Å². The first-order valence-electron chi connectivity index (χ1n) is 32.9. The molecule has 426 valence electrons. The molecule has 14 rings (SSSR count). The molecule has 0 bridgehead atoms.